The Bertz CT molecular complexity index is 667. The van der Waals surface area contributed by atoms with Crippen LogP contribution < -0.4 is 10.9 Å². The van der Waals surface area contributed by atoms with E-state index in [-0.39, 0.29) is 17.5 Å². The number of rotatable bonds is 2. The van der Waals surface area contributed by atoms with Gasteiger partial charge in [0.2, 0.25) is 0 Å². The third-order valence-corrected chi connectivity index (χ3v) is 2.75. The lowest BCUT2D eigenvalue weighted by Gasteiger charge is -2.05. The first-order valence-corrected chi connectivity index (χ1v) is 5.80. The smallest absolute Gasteiger partial charge is 0.275 e. The van der Waals surface area contributed by atoms with Crippen LogP contribution in [0.15, 0.2) is 10.9 Å². The zero-order valence-corrected chi connectivity index (χ0v) is 10.9. The molecule has 0 saturated heterocycles. The zero-order valence-electron chi connectivity index (χ0n) is 10.9. The predicted octanol–water partition coefficient (Wildman–Crippen LogP) is 0.778. The molecule has 96 valence electrons. The van der Waals surface area contributed by atoms with E-state index in [0.29, 0.717) is 22.6 Å². The van der Waals surface area contributed by atoms with Crippen LogP contribution in [-0.4, -0.2) is 26.5 Å². The summed E-state index contributed by atoms with van der Waals surface area (Å²) in [6.45, 7) is 7.24. The molecule has 6 nitrogen and oxygen atoms in total. The molecule has 1 amide bonds. The molecule has 6 heteroatoms. The average Bonchev–Trinajstić information content (AvgIpc) is 2.69. The quantitative estimate of drug-likeness (QED) is 0.824. The maximum absolute atomic E-state index is 12.0. The number of hydrogen-bond donors (Lipinski definition) is 2. The molecule has 18 heavy (non-hydrogen) atoms. The lowest BCUT2D eigenvalue weighted by molar-refractivity contribution is 0.0937. The van der Waals surface area contributed by atoms with Crippen LogP contribution >= 0.6 is 0 Å². The highest BCUT2D eigenvalue weighted by atomic mass is 16.2. The Morgan fingerprint density at radius 1 is 1.44 bits per heavy atom. The number of aromatic nitrogens is 3. The second-order valence-electron chi connectivity index (χ2n) is 4.62. The lowest BCUT2D eigenvalue weighted by atomic mass is 10.3. The van der Waals surface area contributed by atoms with Gasteiger partial charge in [-0.25, -0.2) is 9.50 Å². The maximum Gasteiger partial charge on any atom is 0.275 e. The fourth-order valence-corrected chi connectivity index (χ4v) is 1.68. The minimum Gasteiger partial charge on any atom is -0.349 e. The fraction of sp³-hybridized carbons (Fsp3) is 0.417. The molecular weight excluding hydrogens is 232 g/mol. The molecule has 2 heterocycles. The van der Waals surface area contributed by atoms with Gasteiger partial charge in [0.05, 0.1) is 0 Å². The number of H-pyrrole nitrogens is 1. The highest BCUT2D eigenvalue weighted by molar-refractivity contribution is 5.93. The molecule has 0 atom stereocenters. The molecule has 0 aliphatic carbocycles. The first-order chi connectivity index (χ1) is 8.40. The van der Waals surface area contributed by atoms with Crippen molar-refractivity contribution in [2.24, 2.45) is 0 Å². The van der Waals surface area contributed by atoms with Crippen LogP contribution in [0.4, 0.5) is 0 Å². The Hall–Kier alpha value is -2.11. The van der Waals surface area contributed by atoms with E-state index in [4.69, 9.17) is 0 Å². The number of nitrogens with zero attached hydrogens (tertiary/aromatic N) is 2. The molecule has 0 aromatic carbocycles. The molecule has 0 bridgehead atoms. The Morgan fingerprint density at radius 3 is 2.72 bits per heavy atom. The fourth-order valence-electron chi connectivity index (χ4n) is 1.68. The number of hydrogen-bond acceptors (Lipinski definition) is 3. The number of aryl methyl sites for hydroxylation is 1. The van der Waals surface area contributed by atoms with Gasteiger partial charge in [0.15, 0.2) is 5.65 Å². The van der Waals surface area contributed by atoms with Crippen molar-refractivity contribution in [3.63, 3.8) is 0 Å². The second-order valence-corrected chi connectivity index (χ2v) is 4.62. The highest BCUT2D eigenvalue weighted by Crippen LogP contribution is 2.05. The molecule has 2 aromatic heterocycles. The molecule has 0 fully saturated rings. The molecule has 2 aromatic rings. The summed E-state index contributed by atoms with van der Waals surface area (Å²) in [7, 11) is 0. The first-order valence-electron chi connectivity index (χ1n) is 5.80. The van der Waals surface area contributed by atoms with Crippen molar-refractivity contribution in [1.29, 1.82) is 0 Å². The molecular formula is C12H16N4O2. The number of amides is 1. The van der Waals surface area contributed by atoms with Crippen molar-refractivity contribution >= 4 is 11.6 Å². The van der Waals surface area contributed by atoms with E-state index < -0.39 is 0 Å². The standard InChI is InChI=1S/C12H16N4O2/c1-6(2)13-11(17)9-5-10-14-8(4)7(3)12(18)16(10)15-9/h5-6,15H,1-4H3,(H,13,17). The van der Waals surface area contributed by atoms with Crippen molar-refractivity contribution in [2.75, 3.05) is 0 Å². The Labute approximate surface area is 104 Å². The van der Waals surface area contributed by atoms with Crippen LogP contribution in [0, 0.1) is 13.8 Å². The number of carbonyl (C=O) groups excluding carboxylic acids is 1. The van der Waals surface area contributed by atoms with Gasteiger partial charge in [-0.05, 0) is 27.7 Å². The third kappa shape index (κ3) is 2.01. The van der Waals surface area contributed by atoms with E-state index in [0.717, 1.165) is 0 Å². The Morgan fingerprint density at radius 2 is 2.11 bits per heavy atom. The normalized spacial score (nSPS) is 11.2. The molecule has 0 saturated carbocycles. The van der Waals surface area contributed by atoms with Gasteiger partial charge in [-0.1, -0.05) is 0 Å². The van der Waals surface area contributed by atoms with Gasteiger partial charge < -0.3 is 5.32 Å². The largest absolute Gasteiger partial charge is 0.349 e. The van der Waals surface area contributed by atoms with E-state index in [9.17, 15) is 9.59 Å². The molecule has 0 radical (unpaired) electrons. The first kappa shape index (κ1) is 12.3. The molecule has 2 rings (SSSR count). The van der Waals surface area contributed by atoms with Crippen molar-refractivity contribution < 1.29 is 4.79 Å². The summed E-state index contributed by atoms with van der Waals surface area (Å²) in [6.07, 6.45) is 0. The summed E-state index contributed by atoms with van der Waals surface area (Å²) in [6, 6.07) is 1.61. The van der Waals surface area contributed by atoms with E-state index >= 15 is 0 Å². The molecule has 0 unspecified atom stereocenters. The molecule has 0 aliphatic rings. The molecule has 0 aliphatic heterocycles. The SMILES string of the molecule is Cc1nc2cc(C(=O)NC(C)C)[nH]n2c(=O)c1C. The van der Waals surface area contributed by atoms with Gasteiger partial charge in [-0.3, -0.25) is 14.7 Å². The van der Waals surface area contributed by atoms with E-state index in [1.54, 1.807) is 19.9 Å². The van der Waals surface area contributed by atoms with Crippen molar-refractivity contribution in [2.45, 2.75) is 33.7 Å². The summed E-state index contributed by atoms with van der Waals surface area (Å²) in [5.74, 6) is -0.245. The Balaban J connectivity index is 2.55. The number of carbonyl (C=O) groups is 1. The van der Waals surface area contributed by atoms with Gasteiger partial charge in [-0.15, -0.1) is 0 Å². The Kier molecular flexibility index (Phi) is 2.94. The van der Waals surface area contributed by atoms with Crippen molar-refractivity contribution in [1.82, 2.24) is 19.9 Å². The van der Waals surface area contributed by atoms with E-state index in [2.05, 4.69) is 15.4 Å². The minimum atomic E-state index is -0.245. The zero-order chi connectivity index (χ0) is 13.4. The van der Waals surface area contributed by atoms with Gasteiger partial charge in [0.25, 0.3) is 11.5 Å². The summed E-state index contributed by atoms with van der Waals surface area (Å²) >= 11 is 0. The summed E-state index contributed by atoms with van der Waals surface area (Å²) < 4.78 is 1.29. The van der Waals surface area contributed by atoms with Gasteiger partial charge >= 0.3 is 0 Å². The van der Waals surface area contributed by atoms with Crippen LogP contribution in [0.25, 0.3) is 5.65 Å². The topological polar surface area (TPSA) is 79.3 Å². The van der Waals surface area contributed by atoms with Crippen LogP contribution in [0.5, 0.6) is 0 Å². The van der Waals surface area contributed by atoms with Gasteiger partial charge in [-0.2, -0.15) is 0 Å². The predicted molar refractivity (Wildman–Crippen MR) is 67.9 cm³/mol. The van der Waals surface area contributed by atoms with Crippen LogP contribution in [-0.2, 0) is 0 Å². The van der Waals surface area contributed by atoms with Crippen molar-refractivity contribution in [3.8, 4) is 0 Å². The summed E-state index contributed by atoms with van der Waals surface area (Å²) in [5, 5.41) is 5.52. The molecule has 2 N–H and O–H groups in total. The summed E-state index contributed by atoms with van der Waals surface area (Å²) in [5.41, 5.74) is 1.86. The average molecular weight is 248 g/mol. The number of fused-ring (bicyclic) bond motifs is 1. The number of aromatic amines is 1. The molecule has 0 spiro atoms. The van der Waals surface area contributed by atoms with E-state index in [1.807, 2.05) is 13.8 Å². The third-order valence-electron chi connectivity index (χ3n) is 2.75. The van der Waals surface area contributed by atoms with Gasteiger partial charge in [0, 0.05) is 23.4 Å². The second kappa shape index (κ2) is 4.29. The van der Waals surface area contributed by atoms with E-state index in [1.165, 1.54) is 4.52 Å². The number of nitrogens with one attached hydrogen (secondary N) is 2. The van der Waals surface area contributed by atoms with Gasteiger partial charge in [0.1, 0.15) is 5.69 Å². The summed E-state index contributed by atoms with van der Waals surface area (Å²) in [4.78, 5) is 28.1. The highest BCUT2D eigenvalue weighted by Gasteiger charge is 2.13. The van der Waals surface area contributed by atoms with Crippen molar-refractivity contribution in [3.05, 3.63) is 33.4 Å². The maximum atomic E-state index is 12.0. The van der Waals surface area contributed by atoms with Crippen LogP contribution in [0.1, 0.15) is 35.6 Å². The van der Waals surface area contributed by atoms with Crippen LogP contribution in [0.2, 0.25) is 0 Å². The lowest BCUT2D eigenvalue weighted by Crippen LogP contribution is -2.30. The van der Waals surface area contributed by atoms with Crippen LogP contribution in [0.3, 0.4) is 0 Å². The minimum absolute atomic E-state index is 0.0389. The monoisotopic (exact) mass is 248 g/mol.